The van der Waals surface area contributed by atoms with Gasteiger partial charge < -0.3 is 4.90 Å². The third-order valence-corrected chi connectivity index (χ3v) is 7.52. The molecule has 0 radical (unpaired) electrons. The van der Waals surface area contributed by atoms with Gasteiger partial charge in [0.1, 0.15) is 0 Å². The van der Waals surface area contributed by atoms with Crippen molar-refractivity contribution in [3.05, 3.63) is 35.4 Å². The minimum Gasteiger partial charge on any atom is -0.336 e. The van der Waals surface area contributed by atoms with Gasteiger partial charge in [0, 0.05) is 25.6 Å². The Morgan fingerprint density at radius 1 is 1.25 bits per heavy atom. The molecule has 6 nitrogen and oxygen atoms in total. The SMILES string of the molecule is CCCCS(=O)(=O)N1CCC(C(=O)N(CC)C(C)c2ccc(C#N)cc2)CC1. The molecule has 1 fully saturated rings. The van der Waals surface area contributed by atoms with Crippen LogP contribution in [0.2, 0.25) is 0 Å². The zero-order chi connectivity index (χ0) is 20.7. The molecule has 0 aromatic heterocycles. The number of carbonyl (C=O) groups excluding carboxylic acids is 1. The predicted octanol–water partition coefficient (Wildman–Crippen LogP) is 3.31. The molecule has 7 heteroatoms. The Labute approximate surface area is 169 Å². The number of amides is 1. The van der Waals surface area contributed by atoms with Crippen LogP contribution in [0.25, 0.3) is 0 Å². The van der Waals surface area contributed by atoms with Crippen LogP contribution < -0.4 is 0 Å². The number of unbranched alkanes of at least 4 members (excludes halogenated alkanes) is 1. The van der Waals surface area contributed by atoms with Gasteiger partial charge in [0.2, 0.25) is 15.9 Å². The van der Waals surface area contributed by atoms with Crippen LogP contribution >= 0.6 is 0 Å². The molecule has 0 aliphatic carbocycles. The maximum absolute atomic E-state index is 13.1. The molecule has 1 aliphatic rings. The summed E-state index contributed by atoms with van der Waals surface area (Å²) in [6.45, 7) is 7.37. The number of hydrogen-bond donors (Lipinski definition) is 0. The van der Waals surface area contributed by atoms with E-state index < -0.39 is 10.0 Å². The molecule has 0 N–H and O–H groups in total. The van der Waals surface area contributed by atoms with E-state index in [4.69, 9.17) is 5.26 Å². The van der Waals surface area contributed by atoms with Gasteiger partial charge in [-0.15, -0.1) is 0 Å². The first kappa shape index (κ1) is 22.4. The minimum atomic E-state index is -3.20. The maximum atomic E-state index is 13.1. The lowest BCUT2D eigenvalue weighted by atomic mass is 9.95. The number of carbonyl (C=O) groups is 1. The molecule has 154 valence electrons. The highest BCUT2D eigenvalue weighted by molar-refractivity contribution is 7.89. The number of nitriles is 1. The second-order valence-electron chi connectivity index (χ2n) is 7.38. The van der Waals surface area contributed by atoms with Crippen LogP contribution in [0.5, 0.6) is 0 Å². The fourth-order valence-electron chi connectivity index (χ4n) is 3.71. The zero-order valence-electron chi connectivity index (χ0n) is 17.1. The highest BCUT2D eigenvalue weighted by Crippen LogP contribution is 2.27. The molecule has 0 saturated carbocycles. The normalized spacial score (nSPS) is 17.1. The van der Waals surface area contributed by atoms with E-state index in [0.717, 1.165) is 12.0 Å². The van der Waals surface area contributed by atoms with Crippen LogP contribution in [-0.2, 0) is 14.8 Å². The smallest absolute Gasteiger partial charge is 0.226 e. The molecule has 1 atom stereocenters. The van der Waals surface area contributed by atoms with Crippen molar-refractivity contribution in [2.75, 3.05) is 25.4 Å². The third kappa shape index (κ3) is 5.33. The topological polar surface area (TPSA) is 81.5 Å². The molecule has 0 spiro atoms. The second kappa shape index (κ2) is 10.0. The Bertz CT molecular complexity index is 791. The number of hydrogen-bond acceptors (Lipinski definition) is 4. The Morgan fingerprint density at radius 3 is 2.36 bits per heavy atom. The molecular formula is C21H31N3O3S. The van der Waals surface area contributed by atoms with Crippen molar-refractivity contribution in [1.29, 1.82) is 5.26 Å². The van der Waals surface area contributed by atoms with E-state index in [9.17, 15) is 13.2 Å². The van der Waals surface area contributed by atoms with Gasteiger partial charge in [0.25, 0.3) is 0 Å². The van der Waals surface area contributed by atoms with E-state index in [2.05, 4.69) is 6.07 Å². The lowest BCUT2D eigenvalue weighted by Gasteiger charge is -2.36. The average molecular weight is 406 g/mol. The summed E-state index contributed by atoms with van der Waals surface area (Å²) in [5.74, 6) is 0.141. The quantitative estimate of drug-likeness (QED) is 0.664. The van der Waals surface area contributed by atoms with E-state index in [1.54, 1.807) is 16.4 Å². The van der Waals surface area contributed by atoms with E-state index in [0.29, 0.717) is 44.5 Å². The summed E-state index contributed by atoms with van der Waals surface area (Å²) in [6, 6.07) is 9.34. The van der Waals surface area contributed by atoms with Crippen molar-refractivity contribution in [1.82, 2.24) is 9.21 Å². The first-order valence-electron chi connectivity index (χ1n) is 10.1. The van der Waals surface area contributed by atoms with Gasteiger partial charge >= 0.3 is 0 Å². The maximum Gasteiger partial charge on any atom is 0.226 e. The fraction of sp³-hybridized carbons (Fsp3) is 0.619. The van der Waals surface area contributed by atoms with Crippen molar-refractivity contribution in [3.8, 4) is 6.07 Å². The van der Waals surface area contributed by atoms with Crippen molar-refractivity contribution in [2.24, 2.45) is 5.92 Å². The van der Waals surface area contributed by atoms with Crippen LogP contribution in [-0.4, -0.2) is 48.9 Å². The fourth-order valence-corrected chi connectivity index (χ4v) is 5.39. The summed E-state index contributed by atoms with van der Waals surface area (Å²) >= 11 is 0. The predicted molar refractivity (Wildman–Crippen MR) is 110 cm³/mol. The standard InChI is InChI=1S/C21H31N3O3S/c1-4-6-15-28(26,27)23-13-11-20(12-14-23)21(25)24(5-2)17(3)19-9-7-18(16-22)8-10-19/h7-10,17,20H,4-6,11-15H2,1-3H3. The first-order chi connectivity index (χ1) is 13.3. The second-order valence-corrected chi connectivity index (χ2v) is 9.47. The Balaban J connectivity index is 2.01. The Hall–Kier alpha value is -1.91. The number of nitrogens with zero attached hydrogens (tertiary/aromatic N) is 3. The highest BCUT2D eigenvalue weighted by atomic mass is 32.2. The molecular weight excluding hydrogens is 374 g/mol. The molecule has 1 aromatic rings. The molecule has 1 heterocycles. The van der Waals surface area contributed by atoms with Crippen molar-refractivity contribution >= 4 is 15.9 Å². The molecule has 28 heavy (non-hydrogen) atoms. The van der Waals surface area contributed by atoms with Crippen LogP contribution in [0, 0.1) is 17.2 Å². The highest BCUT2D eigenvalue weighted by Gasteiger charge is 2.33. The number of benzene rings is 1. The van der Waals surface area contributed by atoms with Gasteiger partial charge in [0.15, 0.2) is 0 Å². The van der Waals surface area contributed by atoms with E-state index in [-0.39, 0.29) is 23.6 Å². The molecule has 1 aromatic carbocycles. The van der Waals surface area contributed by atoms with Gasteiger partial charge in [-0.05, 0) is 50.8 Å². The first-order valence-corrected chi connectivity index (χ1v) is 11.7. The summed E-state index contributed by atoms with van der Waals surface area (Å²) in [6.07, 6.45) is 2.67. The lowest BCUT2D eigenvalue weighted by molar-refractivity contribution is -0.138. The number of sulfonamides is 1. The van der Waals surface area contributed by atoms with Crippen LogP contribution in [0.15, 0.2) is 24.3 Å². The average Bonchev–Trinajstić information content (AvgIpc) is 2.72. The summed E-state index contributed by atoms with van der Waals surface area (Å²) in [7, 11) is -3.20. The summed E-state index contributed by atoms with van der Waals surface area (Å²) < 4.78 is 26.3. The Kier molecular flexibility index (Phi) is 8.02. The monoisotopic (exact) mass is 405 g/mol. The van der Waals surface area contributed by atoms with E-state index >= 15 is 0 Å². The van der Waals surface area contributed by atoms with Gasteiger partial charge in [-0.3, -0.25) is 4.79 Å². The lowest BCUT2D eigenvalue weighted by Crippen LogP contribution is -2.45. The number of piperidine rings is 1. The Morgan fingerprint density at radius 2 is 1.86 bits per heavy atom. The summed E-state index contributed by atoms with van der Waals surface area (Å²) in [5.41, 5.74) is 1.59. The van der Waals surface area contributed by atoms with E-state index in [1.165, 1.54) is 0 Å². The van der Waals surface area contributed by atoms with Gasteiger partial charge in [-0.1, -0.05) is 25.5 Å². The molecule has 2 rings (SSSR count). The van der Waals surface area contributed by atoms with Crippen LogP contribution in [0.1, 0.15) is 63.6 Å². The van der Waals surface area contributed by atoms with Crippen LogP contribution in [0.4, 0.5) is 0 Å². The van der Waals surface area contributed by atoms with Crippen LogP contribution in [0.3, 0.4) is 0 Å². The summed E-state index contributed by atoms with van der Waals surface area (Å²) in [4.78, 5) is 15.0. The van der Waals surface area contributed by atoms with E-state index in [1.807, 2.05) is 37.8 Å². The van der Waals surface area contributed by atoms with Gasteiger partial charge in [-0.2, -0.15) is 5.26 Å². The van der Waals surface area contributed by atoms with Crippen molar-refractivity contribution in [3.63, 3.8) is 0 Å². The largest absolute Gasteiger partial charge is 0.336 e. The summed E-state index contributed by atoms with van der Waals surface area (Å²) in [5, 5.41) is 8.95. The van der Waals surface area contributed by atoms with Crippen molar-refractivity contribution < 1.29 is 13.2 Å². The minimum absolute atomic E-state index is 0.0865. The van der Waals surface area contributed by atoms with Crippen molar-refractivity contribution in [2.45, 2.75) is 52.5 Å². The third-order valence-electron chi connectivity index (χ3n) is 5.57. The van der Waals surface area contributed by atoms with Gasteiger partial charge in [-0.25, -0.2) is 12.7 Å². The number of rotatable bonds is 8. The van der Waals surface area contributed by atoms with Gasteiger partial charge in [0.05, 0.1) is 23.4 Å². The zero-order valence-corrected chi connectivity index (χ0v) is 17.9. The molecule has 1 amide bonds. The molecule has 1 unspecified atom stereocenters. The molecule has 1 aliphatic heterocycles. The molecule has 0 bridgehead atoms. The molecule has 1 saturated heterocycles.